The Morgan fingerprint density at radius 1 is 0.875 bits per heavy atom. The Morgan fingerprint density at radius 3 is 2.12 bits per heavy atom. The van der Waals surface area contributed by atoms with E-state index in [1.807, 2.05) is 6.08 Å². The lowest BCUT2D eigenvalue weighted by molar-refractivity contribution is -0.114. The van der Waals surface area contributed by atoms with Gasteiger partial charge in [-0.15, -0.1) is 0 Å². The summed E-state index contributed by atoms with van der Waals surface area (Å²) in [6, 6.07) is 0. The fourth-order valence-electron chi connectivity index (χ4n) is 1.72. The maximum atomic E-state index is 11.4. The van der Waals surface area contributed by atoms with Gasteiger partial charge in [0.25, 0.3) is 0 Å². The van der Waals surface area contributed by atoms with Gasteiger partial charge in [0, 0.05) is 6.42 Å². The van der Waals surface area contributed by atoms with E-state index in [1.165, 1.54) is 38.5 Å². The van der Waals surface area contributed by atoms with Crippen molar-refractivity contribution in [1.82, 2.24) is 0 Å². The minimum Gasteiger partial charge on any atom is -0.295 e. The van der Waals surface area contributed by atoms with E-state index in [2.05, 4.69) is 13.8 Å². The Kier molecular flexibility index (Phi) is 12.0. The van der Waals surface area contributed by atoms with Crippen LogP contribution in [0.2, 0.25) is 0 Å². The standard InChI is InChI=1S/C15H28O/c1-3-5-7-8-9-10-12-14-15(16)13-11-6-4-2/h11,13H,3-10,12,14H2,1-2H3. The first-order valence-electron chi connectivity index (χ1n) is 7.00. The van der Waals surface area contributed by atoms with Gasteiger partial charge in [-0.2, -0.15) is 0 Å². The summed E-state index contributed by atoms with van der Waals surface area (Å²) in [5, 5.41) is 0. The molecule has 0 aromatic heterocycles. The van der Waals surface area contributed by atoms with Crippen LogP contribution in [0.5, 0.6) is 0 Å². The summed E-state index contributed by atoms with van der Waals surface area (Å²) < 4.78 is 0. The number of carbonyl (C=O) groups is 1. The van der Waals surface area contributed by atoms with Crippen LogP contribution in [0.4, 0.5) is 0 Å². The molecular formula is C15H28O. The number of ketones is 1. The zero-order valence-corrected chi connectivity index (χ0v) is 11.1. The van der Waals surface area contributed by atoms with Crippen LogP contribution in [0.25, 0.3) is 0 Å². The Bertz CT molecular complexity index is 182. The summed E-state index contributed by atoms with van der Waals surface area (Å²) in [4.78, 5) is 11.4. The second-order valence-electron chi connectivity index (χ2n) is 4.53. The van der Waals surface area contributed by atoms with Gasteiger partial charge in [0.05, 0.1) is 0 Å². The molecule has 0 unspecified atom stereocenters. The molecule has 0 saturated heterocycles. The molecule has 0 atom stereocenters. The molecule has 0 aliphatic heterocycles. The third kappa shape index (κ3) is 11.5. The van der Waals surface area contributed by atoms with Crippen molar-refractivity contribution in [2.75, 3.05) is 0 Å². The van der Waals surface area contributed by atoms with E-state index < -0.39 is 0 Å². The van der Waals surface area contributed by atoms with Crippen LogP contribution in [-0.2, 0) is 4.79 Å². The van der Waals surface area contributed by atoms with Gasteiger partial charge in [-0.3, -0.25) is 4.79 Å². The lowest BCUT2D eigenvalue weighted by Crippen LogP contribution is -1.92. The fourth-order valence-corrected chi connectivity index (χ4v) is 1.72. The van der Waals surface area contributed by atoms with Crippen molar-refractivity contribution >= 4 is 5.78 Å². The van der Waals surface area contributed by atoms with Gasteiger partial charge in [0.15, 0.2) is 5.78 Å². The molecule has 0 radical (unpaired) electrons. The summed E-state index contributed by atoms with van der Waals surface area (Å²) in [7, 11) is 0. The minimum atomic E-state index is 0.307. The topological polar surface area (TPSA) is 17.1 Å². The van der Waals surface area contributed by atoms with Crippen molar-refractivity contribution in [2.24, 2.45) is 0 Å². The van der Waals surface area contributed by atoms with Crippen LogP contribution in [-0.4, -0.2) is 5.78 Å². The molecule has 94 valence electrons. The first kappa shape index (κ1) is 15.4. The Labute approximate surface area is 101 Å². The highest BCUT2D eigenvalue weighted by Gasteiger charge is 1.96. The molecule has 1 nitrogen and oxygen atoms in total. The highest BCUT2D eigenvalue weighted by molar-refractivity contribution is 5.89. The van der Waals surface area contributed by atoms with Crippen LogP contribution in [0.15, 0.2) is 12.2 Å². The number of hydrogen-bond donors (Lipinski definition) is 0. The smallest absolute Gasteiger partial charge is 0.155 e. The van der Waals surface area contributed by atoms with E-state index >= 15 is 0 Å². The van der Waals surface area contributed by atoms with Crippen LogP contribution in [0, 0.1) is 0 Å². The molecule has 0 aromatic carbocycles. The van der Waals surface area contributed by atoms with Gasteiger partial charge in [-0.1, -0.05) is 64.9 Å². The number of rotatable bonds is 11. The van der Waals surface area contributed by atoms with Crippen LogP contribution in [0.3, 0.4) is 0 Å². The lowest BCUT2D eigenvalue weighted by atomic mass is 10.1. The van der Waals surface area contributed by atoms with Crippen LogP contribution in [0.1, 0.15) is 78.1 Å². The van der Waals surface area contributed by atoms with E-state index in [-0.39, 0.29) is 0 Å². The van der Waals surface area contributed by atoms with Gasteiger partial charge >= 0.3 is 0 Å². The van der Waals surface area contributed by atoms with E-state index in [4.69, 9.17) is 0 Å². The number of unbranched alkanes of at least 4 members (excludes halogenated alkanes) is 7. The largest absolute Gasteiger partial charge is 0.295 e. The Balaban J connectivity index is 3.21. The van der Waals surface area contributed by atoms with Gasteiger partial charge in [0.2, 0.25) is 0 Å². The third-order valence-electron chi connectivity index (χ3n) is 2.79. The quantitative estimate of drug-likeness (QED) is 0.354. The summed E-state index contributed by atoms with van der Waals surface area (Å²) in [6.07, 6.45) is 15.6. The first-order valence-corrected chi connectivity index (χ1v) is 7.00. The third-order valence-corrected chi connectivity index (χ3v) is 2.79. The second kappa shape index (κ2) is 12.5. The summed E-state index contributed by atoms with van der Waals surface area (Å²) >= 11 is 0. The predicted octanol–water partition coefficient (Wildman–Crippen LogP) is 5.05. The average molecular weight is 224 g/mol. The monoisotopic (exact) mass is 224 g/mol. The van der Waals surface area contributed by atoms with Gasteiger partial charge in [0.1, 0.15) is 0 Å². The first-order chi connectivity index (χ1) is 7.81. The molecule has 0 N–H and O–H groups in total. The zero-order valence-electron chi connectivity index (χ0n) is 11.1. The Hall–Kier alpha value is -0.590. The maximum Gasteiger partial charge on any atom is 0.155 e. The minimum absolute atomic E-state index is 0.307. The molecule has 16 heavy (non-hydrogen) atoms. The molecule has 0 aromatic rings. The van der Waals surface area contributed by atoms with Crippen molar-refractivity contribution in [3.8, 4) is 0 Å². The molecule has 0 heterocycles. The summed E-state index contributed by atoms with van der Waals surface area (Å²) in [5.41, 5.74) is 0. The lowest BCUT2D eigenvalue weighted by Gasteiger charge is -1.99. The van der Waals surface area contributed by atoms with Crippen molar-refractivity contribution < 1.29 is 4.79 Å². The molecule has 0 saturated carbocycles. The van der Waals surface area contributed by atoms with Crippen molar-refractivity contribution in [3.63, 3.8) is 0 Å². The Morgan fingerprint density at radius 2 is 1.50 bits per heavy atom. The number of allylic oxidation sites excluding steroid dienone is 2. The highest BCUT2D eigenvalue weighted by Crippen LogP contribution is 2.08. The van der Waals surface area contributed by atoms with Gasteiger partial charge in [-0.25, -0.2) is 0 Å². The SMILES string of the molecule is CCCC=CC(=O)CCCCCCCCC. The van der Waals surface area contributed by atoms with Crippen LogP contribution >= 0.6 is 0 Å². The van der Waals surface area contributed by atoms with Crippen molar-refractivity contribution in [1.29, 1.82) is 0 Å². The average Bonchev–Trinajstić information content (AvgIpc) is 2.28. The summed E-state index contributed by atoms with van der Waals surface area (Å²) in [6.45, 7) is 4.37. The highest BCUT2D eigenvalue weighted by atomic mass is 16.1. The predicted molar refractivity (Wildman–Crippen MR) is 71.7 cm³/mol. The van der Waals surface area contributed by atoms with E-state index in [1.54, 1.807) is 6.08 Å². The summed E-state index contributed by atoms with van der Waals surface area (Å²) in [5.74, 6) is 0.307. The number of hydrogen-bond acceptors (Lipinski definition) is 1. The second-order valence-corrected chi connectivity index (χ2v) is 4.53. The molecular weight excluding hydrogens is 196 g/mol. The molecule has 0 aliphatic carbocycles. The maximum absolute atomic E-state index is 11.4. The van der Waals surface area contributed by atoms with Crippen LogP contribution < -0.4 is 0 Å². The molecule has 0 rings (SSSR count). The van der Waals surface area contributed by atoms with Crippen molar-refractivity contribution in [3.05, 3.63) is 12.2 Å². The zero-order chi connectivity index (χ0) is 12.1. The molecule has 0 bridgehead atoms. The fraction of sp³-hybridized carbons (Fsp3) is 0.800. The normalized spacial score (nSPS) is 11.1. The molecule has 0 amide bonds. The molecule has 0 fully saturated rings. The number of carbonyl (C=O) groups excluding carboxylic acids is 1. The van der Waals surface area contributed by atoms with Gasteiger partial charge < -0.3 is 0 Å². The van der Waals surface area contributed by atoms with E-state index in [9.17, 15) is 4.79 Å². The van der Waals surface area contributed by atoms with Crippen molar-refractivity contribution in [2.45, 2.75) is 78.1 Å². The molecule has 0 spiro atoms. The van der Waals surface area contributed by atoms with Gasteiger partial charge in [-0.05, 0) is 18.9 Å². The molecule has 0 aliphatic rings. The van der Waals surface area contributed by atoms with E-state index in [0.717, 1.165) is 25.7 Å². The molecule has 1 heteroatoms. The van der Waals surface area contributed by atoms with E-state index in [0.29, 0.717) is 5.78 Å².